The molecule has 0 bridgehead atoms. The Kier molecular flexibility index (Phi) is 5.58. The first-order valence-corrected chi connectivity index (χ1v) is 6.97. The second-order valence-electron chi connectivity index (χ2n) is 4.89. The van der Waals surface area contributed by atoms with Crippen LogP contribution in [-0.4, -0.2) is 29.6 Å². The molecule has 6 nitrogen and oxygen atoms in total. The van der Waals surface area contributed by atoms with Gasteiger partial charge in [0.1, 0.15) is 6.61 Å². The number of halogens is 3. The van der Waals surface area contributed by atoms with Gasteiger partial charge in [0.05, 0.1) is 5.56 Å². The van der Waals surface area contributed by atoms with Gasteiger partial charge in [-0.2, -0.15) is 13.2 Å². The van der Waals surface area contributed by atoms with E-state index in [4.69, 9.17) is 10.5 Å². The Morgan fingerprint density at radius 1 is 1.12 bits per heavy atom. The Morgan fingerprint density at radius 3 is 2.44 bits per heavy atom. The van der Waals surface area contributed by atoms with Gasteiger partial charge in [0.2, 0.25) is 11.8 Å². The Balaban J connectivity index is 1.96. The van der Waals surface area contributed by atoms with E-state index in [9.17, 15) is 22.8 Å². The average Bonchev–Trinajstić information content (AvgIpc) is 2.58. The summed E-state index contributed by atoms with van der Waals surface area (Å²) in [5, 5.41) is 0. The lowest BCUT2D eigenvalue weighted by Gasteiger charge is -2.09. The molecule has 0 atom stereocenters. The third-order valence-corrected chi connectivity index (χ3v) is 3.00. The van der Waals surface area contributed by atoms with Crippen LogP contribution in [-0.2, 0) is 11.3 Å². The highest BCUT2D eigenvalue weighted by Crippen LogP contribution is 2.17. The van der Waals surface area contributed by atoms with E-state index in [1.807, 2.05) is 0 Å². The summed E-state index contributed by atoms with van der Waals surface area (Å²) in [6.07, 6.45) is -3.44. The predicted molar refractivity (Wildman–Crippen MR) is 79.9 cm³/mol. The van der Waals surface area contributed by atoms with Crippen LogP contribution in [0.5, 0.6) is 5.88 Å². The van der Waals surface area contributed by atoms with Crippen molar-refractivity contribution >= 4 is 11.9 Å². The molecule has 0 aliphatic heterocycles. The fraction of sp³-hybridized carbons (Fsp3) is 0.188. The van der Waals surface area contributed by atoms with Crippen LogP contribution in [0.4, 0.5) is 13.2 Å². The predicted octanol–water partition coefficient (Wildman–Crippen LogP) is 2.48. The van der Waals surface area contributed by atoms with Crippen LogP contribution in [0.15, 0.2) is 42.6 Å². The summed E-state index contributed by atoms with van der Waals surface area (Å²) in [6, 6.07) is 8.71. The molecule has 25 heavy (non-hydrogen) atoms. The van der Waals surface area contributed by atoms with Crippen LogP contribution in [0.2, 0.25) is 0 Å². The standard InChI is InChI=1S/C16H13F3N2O4/c17-16(18,19)9-25-13-6-5-10(7-21-13)15(23)24-8-11-3-1-2-4-12(11)14(20)22/h1-7H,8-9H2,(H2,20,22). The first-order valence-electron chi connectivity index (χ1n) is 6.97. The quantitative estimate of drug-likeness (QED) is 0.805. The number of primary amides is 1. The number of pyridine rings is 1. The van der Waals surface area contributed by atoms with Crippen molar-refractivity contribution in [3.05, 3.63) is 59.3 Å². The van der Waals surface area contributed by atoms with E-state index < -0.39 is 24.7 Å². The first kappa shape index (κ1) is 18.2. The number of carbonyl (C=O) groups excluding carboxylic acids is 2. The van der Waals surface area contributed by atoms with Gasteiger partial charge in [0.25, 0.3) is 0 Å². The normalized spacial score (nSPS) is 11.0. The van der Waals surface area contributed by atoms with E-state index in [0.717, 1.165) is 12.3 Å². The minimum Gasteiger partial charge on any atom is -0.468 e. The molecule has 0 spiro atoms. The van der Waals surface area contributed by atoms with Crippen LogP contribution < -0.4 is 10.5 Å². The minimum atomic E-state index is -4.48. The molecule has 2 aromatic rings. The highest BCUT2D eigenvalue weighted by atomic mass is 19.4. The van der Waals surface area contributed by atoms with E-state index in [1.165, 1.54) is 12.1 Å². The van der Waals surface area contributed by atoms with Gasteiger partial charge in [0, 0.05) is 23.4 Å². The van der Waals surface area contributed by atoms with Crippen LogP contribution in [0.1, 0.15) is 26.3 Å². The smallest absolute Gasteiger partial charge is 0.422 e. The highest BCUT2D eigenvalue weighted by Gasteiger charge is 2.28. The zero-order chi connectivity index (χ0) is 18.4. The third kappa shape index (κ3) is 5.48. The van der Waals surface area contributed by atoms with Gasteiger partial charge in [-0.25, -0.2) is 9.78 Å². The van der Waals surface area contributed by atoms with E-state index in [2.05, 4.69) is 9.72 Å². The molecular weight excluding hydrogens is 341 g/mol. The Hall–Kier alpha value is -3.10. The third-order valence-electron chi connectivity index (χ3n) is 3.00. The van der Waals surface area contributed by atoms with Gasteiger partial charge < -0.3 is 15.2 Å². The molecule has 1 aromatic carbocycles. The lowest BCUT2D eigenvalue weighted by molar-refractivity contribution is -0.154. The number of benzene rings is 1. The van der Waals surface area contributed by atoms with Crippen LogP contribution in [0, 0.1) is 0 Å². The summed E-state index contributed by atoms with van der Waals surface area (Å²) >= 11 is 0. The first-order chi connectivity index (χ1) is 11.8. The maximum absolute atomic E-state index is 12.0. The van der Waals surface area contributed by atoms with Crippen LogP contribution in [0.3, 0.4) is 0 Å². The number of amides is 1. The highest BCUT2D eigenvalue weighted by molar-refractivity contribution is 5.94. The molecule has 132 valence electrons. The second kappa shape index (κ2) is 7.65. The Morgan fingerprint density at radius 2 is 1.84 bits per heavy atom. The van der Waals surface area contributed by atoms with E-state index in [0.29, 0.717) is 5.56 Å². The van der Waals surface area contributed by atoms with Gasteiger partial charge in [-0.05, 0) is 12.1 Å². The van der Waals surface area contributed by atoms with Gasteiger partial charge >= 0.3 is 12.1 Å². The number of alkyl halides is 3. The topological polar surface area (TPSA) is 91.5 Å². The molecule has 0 saturated heterocycles. The molecule has 0 aliphatic carbocycles. The largest absolute Gasteiger partial charge is 0.468 e. The maximum Gasteiger partial charge on any atom is 0.422 e. The van der Waals surface area contributed by atoms with E-state index >= 15 is 0 Å². The van der Waals surface area contributed by atoms with E-state index in [-0.39, 0.29) is 23.6 Å². The molecular formula is C16H13F3N2O4. The van der Waals surface area contributed by atoms with E-state index in [1.54, 1.807) is 18.2 Å². The van der Waals surface area contributed by atoms with Crippen molar-refractivity contribution in [2.45, 2.75) is 12.8 Å². The van der Waals surface area contributed by atoms with Crippen molar-refractivity contribution in [1.82, 2.24) is 4.98 Å². The van der Waals surface area contributed by atoms with Crippen molar-refractivity contribution in [2.75, 3.05) is 6.61 Å². The summed E-state index contributed by atoms with van der Waals surface area (Å²) in [6.45, 7) is -1.67. The lowest BCUT2D eigenvalue weighted by Crippen LogP contribution is -2.19. The number of hydrogen-bond donors (Lipinski definition) is 1. The Labute approximate surface area is 140 Å². The van der Waals surface area contributed by atoms with Crippen molar-refractivity contribution in [1.29, 1.82) is 0 Å². The molecule has 1 aromatic heterocycles. The molecule has 2 N–H and O–H groups in total. The number of esters is 1. The van der Waals surface area contributed by atoms with Gasteiger partial charge in [0.15, 0.2) is 6.61 Å². The molecule has 0 aliphatic rings. The number of rotatable bonds is 6. The maximum atomic E-state index is 12.0. The average molecular weight is 354 g/mol. The monoisotopic (exact) mass is 354 g/mol. The second-order valence-corrected chi connectivity index (χ2v) is 4.89. The summed E-state index contributed by atoms with van der Waals surface area (Å²) in [5.74, 6) is -1.68. The SMILES string of the molecule is NC(=O)c1ccccc1COC(=O)c1ccc(OCC(F)(F)F)nc1. The molecule has 0 fully saturated rings. The zero-order valence-corrected chi connectivity index (χ0v) is 12.7. The number of aromatic nitrogens is 1. The lowest BCUT2D eigenvalue weighted by atomic mass is 10.1. The number of hydrogen-bond acceptors (Lipinski definition) is 5. The Bertz CT molecular complexity index is 761. The number of nitrogens with two attached hydrogens (primary N) is 1. The molecule has 2 rings (SSSR count). The van der Waals surface area contributed by atoms with Crippen molar-refractivity contribution < 1.29 is 32.2 Å². The zero-order valence-electron chi connectivity index (χ0n) is 12.7. The van der Waals surface area contributed by atoms with Crippen molar-refractivity contribution in [3.8, 4) is 5.88 Å². The van der Waals surface area contributed by atoms with Gasteiger partial charge in [-0.3, -0.25) is 4.79 Å². The molecule has 9 heteroatoms. The number of carbonyl (C=O) groups is 2. The van der Waals surface area contributed by atoms with Crippen molar-refractivity contribution in [2.24, 2.45) is 5.73 Å². The fourth-order valence-electron chi connectivity index (χ4n) is 1.86. The van der Waals surface area contributed by atoms with Gasteiger partial charge in [-0.15, -0.1) is 0 Å². The molecule has 0 unspecified atom stereocenters. The molecule has 1 amide bonds. The summed E-state index contributed by atoms with van der Waals surface area (Å²) in [7, 11) is 0. The van der Waals surface area contributed by atoms with Crippen LogP contribution >= 0.6 is 0 Å². The number of ether oxygens (including phenoxy) is 2. The molecule has 0 saturated carbocycles. The summed E-state index contributed by atoms with van der Waals surface area (Å²) < 4.78 is 45.6. The molecule has 1 heterocycles. The molecule has 0 radical (unpaired) electrons. The minimum absolute atomic E-state index is 0.0240. The summed E-state index contributed by atoms with van der Waals surface area (Å²) in [4.78, 5) is 26.8. The van der Waals surface area contributed by atoms with Crippen LogP contribution in [0.25, 0.3) is 0 Å². The fourth-order valence-corrected chi connectivity index (χ4v) is 1.86. The van der Waals surface area contributed by atoms with Crippen molar-refractivity contribution in [3.63, 3.8) is 0 Å². The van der Waals surface area contributed by atoms with Gasteiger partial charge in [-0.1, -0.05) is 18.2 Å². The number of nitrogens with zero attached hydrogens (tertiary/aromatic N) is 1. The summed E-state index contributed by atoms with van der Waals surface area (Å²) in [5.41, 5.74) is 5.91.